The van der Waals surface area contributed by atoms with Crippen LogP contribution in [-0.2, 0) is 16.9 Å². The lowest BCUT2D eigenvalue weighted by molar-refractivity contribution is -0.319. The Balaban J connectivity index is 2.43. The van der Waals surface area contributed by atoms with Crippen molar-refractivity contribution in [1.82, 2.24) is 14.4 Å². The predicted octanol–water partition coefficient (Wildman–Crippen LogP) is 2.13. The molecule has 0 bridgehead atoms. The molecular formula is C19H15B3F6N4O2. The molecule has 1 atom stereocenters. The Bertz CT molecular complexity index is 1230. The highest BCUT2D eigenvalue weighted by molar-refractivity contribution is 6.59. The molecule has 0 saturated carbocycles. The second-order valence-corrected chi connectivity index (χ2v) is 8.31. The van der Waals surface area contributed by atoms with E-state index in [1.165, 1.54) is 0 Å². The Morgan fingerprint density at radius 1 is 1.00 bits per heavy atom. The lowest BCUT2D eigenvalue weighted by Crippen LogP contribution is -2.57. The van der Waals surface area contributed by atoms with Crippen molar-refractivity contribution >= 4 is 35.0 Å². The second-order valence-electron chi connectivity index (χ2n) is 8.31. The van der Waals surface area contributed by atoms with Crippen LogP contribution in [0.25, 0.3) is 16.9 Å². The van der Waals surface area contributed by atoms with Crippen molar-refractivity contribution in [2.75, 3.05) is 5.73 Å². The van der Waals surface area contributed by atoms with Crippen LogP contribution >= 0.6 is 0 Å². The number of fused-ring (bicyclic) bond motifs is 1. The molecule has 34 heavy (non-hydrogen) atoms. The Morgan fingerprint density at radius 3 is 2.06 bits per heavy atom. The fourth-order valence-corrected chi connectivity index (χ4v) is 3.57. The quantitative estimate of drug-likeness (QED) is 0.395. The molecule has 6 radical (unpaired) electrons. The van der Waals surface area contributed by atoms with Gasteiger partial charge in [-0.25, -0.2) is 9.97 Å². The molecule has 0 aliphatic rings. The summed E-state index contributed by atoms with van der Waals surface area (Å²) in [6, 6.07) is 2.52. The summed E-state index contributed by atoms with van der Waals surface area (Å²) in [5, 5.41) is 18.6. The number of halogens is 6. The summed E-state index contributed by atoms with van der Waals surface area (Å²) in [6.45, 7) is 1.48. The second kappa shape index (κ2) is 7.67. The lowest BCUT2D eigenvalue weighted by atomic mass is 9.39. The number of aliphatic hydroxyl groups is 2. The predicted molar refractivity (Wildman–Crippen MR) is 113 cm³/mol. The van der Waals surface area contributed by atoms with Crippen LogP contribution in [0.3, 0.4) is 0 Å². The molecule has 6 nitrogen and oxygen atoms in total. The molecule has 0 saturated heterocycles. The number of imidazole rings is 1. The molecule has 0 spiro atoms. The van der Waals surface area contributed by atoms with Gasteiger partial charge >= 0.3 is 12.4 Å². The van der Waals surface area contributed by atoms with Crippen molar-refractivity contribution in [3.8, 4) is 11.3 Å². The van der Waals surface area contributed by atoms with Gasteiger partial charge in [0.1, 0.15) is 5.60 Å². The molecule has 0 aliphatic carbocycles. The van der Waals surface area contributed by atoms with Gasteiger partial charge in [-0.3, -0.25) is 4.40 Å². The monoisotopic (exact) mass is 478 g/mol. The Labute approximate surface area is 193 Å². The van der Waals surface area contributed by atoms with Crippen molar-refractivity contribution in [1.29, 1.82) is 0 Å². The number of benzene rings is 1. The highest BCUT2D eigenvalue weighted by atomic mass is 19.4. The van der Waals surface area contributed by atoms with E-state index in [-0.39, 0.29) is 22.5 Å². The van der Waals surface area contributed by atoms with Crippen LogP contribution in [0.5, 0.6) is 0 Å². The van der Waals surface area contributed by atoms with Gasteiger partial charge in [-0.2, -0.15) is 26.3 Å². The molecule has 15 heteroatoms. The lowest BCUT2D eigenvalue weighted by Gasteiger charge is -2.41. The maximum Gasteiger partial charge on any atom is 0.434 e. The van der Waals surface area contributed by atoms with Crippen LogP contribution in [0.2, 0.25) is 0 Å². The minimum atomic E-state index is -5.37. The number of nitrogens with two attached hydrogens (primary N) is 1. The first kappa shape index (κ1) is 25.9. The van der Waals surface area contributed by atoms with Gasteiger partial charge in [0.25, 0.3) is 0 Å². The highest BCUT2D eigenvalue weighted by Crippen LogP contribution is 2.48. The van der Waals surface area contributed by atoms with E-state index in [0.717, 1.165) is 42.6 Å². The van der Waals surface area contributed by atoms with Crippen LogP contribution < -0.4 is 5.73 Å². The maximum absolute atomic E-state index is 13.9. The maximum atomic E-state index is 13.9. The van der Waals surface area contributed by atoms with E-state index in [1.54, 1.807) is 0 Å². The van der Waals surface area contributed by atoms with E-state index < -0.39 is 45.7 Å². The van der Waals surface area contributed by atoms with E-state index in [4.69, 9.17) is 29.3 Å². The van der Waals surface area contributed by atoms with Gasteiger partial charge in [0.05, 0.1) is 35.4 Å². The number of hydrogen-bond acceptors (Lipinski definition) is 5. The first-order valence-electron chi connectivity index (χ1n) is 9.44. The summed E-state index contributed by atoms with van der Waals surface area (Å²) in [4.78, 5) is 7.13. The summed E-state index contributed by atoms with van der Waals surface area (Å²) in [5.74, 6) is -0.610. The van der Waals surface area contributed by atoms with Crippen molar-refractivity contribution < 1.29 is 36.6 Å². The molecule has 2 aromatic heterocycles. The summed E-state index contributed by atoms with van der Waals surface area (Å²) in [7, 11) is 17.2. The number of aromatic nitrogens is 3. The first-order valence-corrected chi connectivity index (χ1v) is 9.44. The zero-order valence-corrected chi connectivity index (χ0v) is 17.7. The highest BCUT2D eigenvalue weighted by Gasteiger charge is 2.63. The van der Waals surface area contributed by atoms with Gasteiger partial charge < -0.3 is 15.9 Å². The van der Waals surface area contributed by atoms with E-state index in [2.05, 4.69) is 9.97 Å². The summed E-state index contributed by atoms with van der Waals surface area (Å²) in [5.41, 5.74) is -4.21. The normalized spacial score (nSPS) is 15.5. The standard InChI is InChI=1S/C19H15B3F6N4O2/c1-15(2,33)16(34,19(26,27)28)8-3-4-10(17(20,21)22)9(5-8)11-6-30-14-13(29)31-12(7-32(11)14)18(23,24)25/h3-7,33-34H,1-2H3,(H2,29,31). The Hall–Kier alpha value is -2.67. The topological polar surface area (TPSA) is 96.7 Å². The van der Waals surface area contributed by atoms with Gasteiger partial charge in [-0.15, -0.1) is 5.11 Å². The Morgan fingerprint density at radius 2 is 1.59 bits per heavy atom. The molecular weight excluding hydrogens is 463 g/mol. The zero-order valence-electron chi connectivity index (χ0n) is 17.7. The molecule has 1 aromatic carbocycles. The third kappa shape index (κ3) is 4.15. The summed E-state index contributed by atoms with van der Waals surface area (Å²) >= 11 is 0. The molecule has 3 rings (SSSR count). The van der Waals surface area contributed by atoms with Crippen LogP contribution in [0.15, 0.2) is 30.6 Å². The third-order valence-electron chi connectivity index (χ3n) is 5.28. The van der Waals surface area contributed by atoms with Crippen LogP contribution in [0.4, 0.5) is 32.2 Å². The summed E-state index contributed by atoms with van der Waals surface area (Å²) < 4.78 is 82.5. The number of nitrogen functional groups attached to an aromatic ring is 1. The van der Waals surface area contributed by atoms with Crippen LogP contribution in [0, 0.1) is 0 Å². The number of rotatable bonds is 4. The Kier molecular flexibility index (Phi) is 5.85. The summed E-state index contributed by atoms with van der Waals surface area (Å²) in [6.07, 6.45) is -8.75. The first-order chi connectivity index (χ1) is 15.2. The van der Waals surface area contributed by atoms with E-state index in [1.807, 2.05) is 0 Å². The number of anilines is 1. The molecule has 0 aliphatic heterocycles. The molecule has 3 aromatic rings. The smallest absolute Gasteiger partial charge is 0.387 e. The van der Waals surface area contributed by atoms with Crippen LogP contribution in [-0.4, -0.2) is 59.9 Å². The molecule has 0 fully saturated rings. The third-order valence-corrected chi connectivity index (χ3v) is 5.28. The average Bonchev–Trinajstić information content (AvgIpc) is 3.08. The van der Waals surface area contributed by atoms with Crippen LogP contribution in [0.1, 0.15) is 30.7 Å². The number of hydrogen-bond donors (Lipinski definition) is 3. The largest absolute Gasteiger partial charge is 0.434 e. The van der Waals surface area contributed by atoms with Crippen molar-refractivity contribution in [3.63, 3.8) is 0 Å². The molecule has 0 amide bonds. The molecule has 174 valence electrons. The fourth-order valence-electron chi connectivity index (χ4n) is 3.57. The van der Waals surface area contributed by atoms with Gasteiger partial charge in [-0.05, 0) is 25.5 Å². The minimum Gasteiger partial charge on any atom is -0.387 e. The number of nitrogens with zero attached hydrogens (tertiary/aromatic N) is 3. The van der Waals surface area contributed by atoms with Gasteiger partial charge in [0.15, 0.2) is 17.2 Å². The minimum absolute atomic E-state index is 0.206. The average molecular weight is 478 g/mol. The fraction of sp³-hybridized carbons (Fsp3) is 0.368. The van der Waals surface area contributed by atoms with Gasteiger partial charge in [-0.1, -0.05) is 17.7 Å². The number of alkyl halides is 6. The van der Waals surface area contributed by atoms with E-state index >= 15 is 0 Å². The zero-order chi connectivity index (χ0) is 26.1. The van der Waals surface area contributed by atoms with E-state index in [0.29, 0.717) is 6.20 Å². The van der Waals surface area contributed by atoms with Crippen molar-refractivity contribution in [2.24, 2.45) is 0 Å². The molecule has 2 heterocycles. The SMILES string of the molecule is [B]C([B])([B])c1ccc(C(O)(C(C)(C)O)C(F)(F)F)cc1-c1cnc2c(N)nc(C(F)(F)F)cn12. The molecule has 1 unspecified atom stereocenters. The van der Waals surface area contributed by atoms with Gasteiger partial charge in [0.2, 0.25) is 5.60 Å². The van der Waals surface area contributed by atoms with Crippen molar-refractivity contribution in [2.45, 2.75) is 42.5 Å². The van der Waals surface area contributed by atoms with Gasteiger partial charge in [0, 0.05) is 11.8 Å². The molecule has 4 N–H and O–H groups in total. The van der Waals surface area contributed by atoms with Crippen molar-refractivity contribution in [3.05, 3.63) is 47.4 Å². The van der Waals surface area contributed by atoms with E-state index in [9.17, 15) is 36.6 Å².